The fourth-order valence-electron chi connectivity index (χ4n) is 3.65. The summed E-state index contributed by atoms with van der Waals surface area (Å²) < 4.78 is 15.2. The standard InChI is InChI=1S/C20H18FN7O3/c1-28-14-6-10(21)2-3-11(14)15(27-28)13-8-23-17-16(25-13)12(7-22-17)18(29)26-20(4-5-20)9-24-19(30)31/h2-3,6-8,24H,4-5,9H2,1H3,(H,22,23)(H,26,29)(H,30,31). The number of nitrogens with one attached hydrogen (secondary N) is 3. The SMILES string of the molecule is Cn1nc(-c2cnc3[nH]cc(C(=O)NC4(CNC(=O)O)CC4)c3n2)c2ccc(F)cc21. The van der Waals surface area contributed by atoms with Gasteiger partial charge in [0.2, 0.25) is 0 Å². The number of aryl methyl sites for hydroxylation is 1. The molecule has 1 aromatic carbocycles. The second kappa shape index (κ2) is 6.76. The number of aromatic nitrogens is 5. The molecule has 31 heavy (non-hydrogen) atoms. The van der Waals surface area contributed by atoms with Crippen molar-refractivity contribution in [2.75, 3.05) is 6.54 Å². The number of aromatic amines is 1. The predicted octanol–water partition coefficient (Wildman–Crippen LogP) is 2.18. The van der Waals surface area contributed by atoms with E-state index in [4.69, 9.17) is 5.11 Å². The lowest BCUT2D eigenvalue weighted by Crippen LogP contribution is -2.45. The Morgan fingerprint density at radius 2 is 2.16 bits per heavy atom. The number of amides is 2. The maximum absolute atomic E-state index is 13.6. The van der Waals surface area contributed by atoms with Crippen LogP contribution in [-0.4, -0.2) is 53.9 Å². The van der Waals surface area contributed by atoms with Crippen molar-refractivity contribution in [2.45, 2.75) is 18.4 Å². The number of carboxylic acid groups (broad SMARTS) is 1. The Morgan fingerprint density at radius 3 is 2.90 bits per heavy atom. The smallest absolute Gasteiger partial charge is 0.404 e. The second-order valence-electron chi connectivity index (χ2n) is 7.68. The minimum absolute atomic E-state index is 0.143. The van der Waals surface area contributed by atoms with Crippen LogP contribution in [-0.2, 0) is 7.05 Å². The van der Waals surface area contributed by atoms with Crippen molar-refractivity contribution < 1.29 is 19.1 Å². The van der Waals surface area contributed by atoms with Gasteiger partial charge in [0.25, 0.3) is 5.91 Å². The molecule has 2 amide bonds. The van der Waals surface area contributed by atoms with Gasteiger partial charge in [0.1, 0.15) is 22.7 Å². The highest BCUT2D eigenvalue weighted by Gasteiger charge is 2.44. The minimum Gasteiger partial charge on any atom is -0.465 e. The molecule has 5 rings (SSSR count). The average molecular weight is 423 g/mol. The van der Waals surface area contributed by atoms with E-state index in [0.29, 0.717) is 46.5 Å². The van der Waals surface area contributed by atoms with Crippen LogP contribution in [0.15, 0.2) is 30.6 Å². The van der Waals surface area contributed by atoms with Crippen LogP contribution in [0.3, 0.4) is 0 Å². The average Bonchev–Trinajstić information content (AvgIpc) is 3.24. The third kappa shape index (κ3) is 3.33. The number of carbonyl (C=O) groups is 2. The molecule has 3 heterocycles. The summed E-state index contributed by atoms with van der Waals surface area (Å²) in [5.41, 5.74) is 2.14. The van der Waals surface area contributed by atoms with E-state index in [-0.39, 0.29) is 18.3 Å². The first-order valence-electron chi connectivity index (χ1n) is 9.61. The maximum atomic E-state index is 13.6. The first kappa shape index (κ1) is 19.0. The number of nitrogens with zero attached hydrogens (tertiary/aromatic N) is 4. The molecule has 0 saturated heterocycles. The molecule has 0 bridgehead atoms. The zero-order valence-electron chi connectivity index (χ0n) is 16.4. The van der Waals surface area contributed by atoms with Gasteiger partial charge in [0.05, 0.1) is 22.8 Å². The molecule has 1 fully saturated rings. The van der Waals surface area contributed by atoms with Crippen LogP contribution in [0.25, 0.3) is 33.5 Å². The first-order chi connectivity index (χ1) is 14.8. The van der Waals surface area contributed by atoms with Gasteiger partial charge in [0, 0.05) is 25.2 Å². The molecule has 4 N–H and O–H groups in total. The van der Waals surface area contributed by atoms with Crippen LogP contribution >= 0.6 is 0 Å². The highest BCUT2D eigenvalue weighted by atomic mass is 19.1. The van der Waals surface area contributed by atoms with Crippen molar-refractivity contribution in [3.8, 4) is 11.4 Å². The zero-order valence-corrected chi connectivity index (χ0v) is 16.4. The van der Waals surface area contributed by atoms with Crippen LogP contribution in [0.5, 0.6) is 0 Å². The topological polar surface area (TPSA) is 138 Å². The summed E-state index contributed by atoms with van der Waals surface area (Å²) in [4.78, 5) is 35.6. The van der Waals surface area contributed by atoms with Crippen molar-refractivity contribution in [3.63, 3.8) is 0 Å². The molecule has 11 heteroatoms. The lowest BCUT2D eigenvalue weighted by molar-refractivity contribution is 0.0931. The van der Waals surface area contributed by atoms with Crippen molar-refractivity contribution in [2.24, 2.45) is 7.05 Å². The maximum Gasteiger partial charge on any atom is 0.404 e. The van der Waals surface area contributed by atoms with E-state index < -0.39 is 11.6 Å². The van der Waals surface area contributed by atoms with Crippen molar-refractivity contribution in [1.29, 1.82) is 0 Å². The molecule has 3 aromatic heterocycles. The van der Waals surface area contributed by atoms with E-state index in [1.165, 1.54) is 18.3 Å². The Balaban J connectivity index is 1.50. The van der Waals surface area contributed by atoms with Gasteiger partial charge in [-0.3, -0.25) is 9.48 Å². The van der Waals surface area contributed by atoms with Crippen LogP contribution in [0, 0.1) is 5.82 Å². The Bertz CT molecular complexity index is 1360. The number of halogens is 1. The molecule has 4 aromatic rings. The Labute approximate surface area is 174 Å². The van der Waals surface area contributed by atoms with Gasteiger partial charge < -0.3 is 20.7 Å². The molecule has 1 aliphatic carbocycles. The lowest BCUT2D eigenvalue weighted by Gasteiger charge is -2.16. The summed E-state index contributed by atoms with van der Waals surface area (Å²) >= 11 is 0. The summed E-state index contributed by atoms with van der Waals surface area (Å²) in [6.45, 7) is 0.143. The fraction of sp³-hybridized carbons (Fsp3) is 0.250. The van der Waals surface area contributed by atoms with Crippen LogP contribution in [0.4, 0.5) is 9.18 Å². The van der Waals surface area contributed by atoms with Gasteiger partial charge >= 0.3 is 6.09 Å². The van der Waals surface area contributed by atoms with Gasteiger partial charge in [-0.2, -0.15) is 5.10 Å². The number of hydrogen-bond acceptors (Lipinski definition) is 5. The van der Waals surface area contributed by atoms with Crippen LogP contribution in [0.1, 0.15) is 23.2 Å². The van der Waals surface area contributed by atoms with Crippen LogP contribution in [0.2, 0.25) is 0 Å². The van der Waals surface area contributed by atoms with Crippen LogP contribution < -0.4 is 10.6 Å². The Kier molecular flexibility index (Phi) is 4.14. The number of rotatable bonds is 5. The van der Waals surface area contributed by atoms with Gasteiger partial charge in [-0.15, -0.1) is 0 Å². The van der Waals surface area contributed by atoms with E-state index in [1.54, 1.807) is 24.0 Å². The number of hydrogen-bond donors (Lipinski definition) is 4. The van der Waals surface area contributed by atoms with Gasteiger partial charge in [-0.1, -0.05) is 0 Å². The molecule has 1 aliphatic rings. The summed E-state index contributed by atoms with van der Waals surface area (Å²) in [7, 11) is 1.71. The van der Waals surface area contributed by atoms with Crippen molar-refractivity contribution in [3.05, 3.63) is 42.0 Å². The van der Waals surface area contributed by atoms with Crippen molar-refractivity contribution >= 4 is 34.1 Å². The number of fused-ring (bicyclic) bond motifs is 2. The molecule has 0 aliphatic heterocycles. The minimum atomic E-state index is -1.13. The van der Waals surface area contributed by atoms with E-state index >= 15 is 0 Å². The summed E-state index contributed by atoms with van der Waals surface area (Å²) in [5.74, 6) is -0.727. The summed E-state index contributed by atoms with van der Waals surface area (Å²) in [6.07, 6.45) is 3.32. The van der Waals surface area contributed by atoms with E-state index in [0.717, 1.165) is 5.39 Å². The Hall–Kier alpha value is -4.02. The molecule has 0 atom stereocenters. The molecule has 0 radical (unpaired) electrons. The molecular weight excluding hydrogens is 405 g/mol. The zero-order chi connectivity index (χ0) is 21.8. The largest absolute Gasteiger partial charge is 0.465 e. The first-order valence-corrected chi connectivity index (χ1v) is 9.61. The number of H-pyrrole nitrogens is 1. The Morgan fingerprint density at radius 1 is 1.35 bits per heavy atom. The number of carbonyl (C=O) groups excluding carboxylic acids is 1. The molecule has 0 spiro atoms. The highest BCUT2D eigenvalue weighted by Crippen LogP contribution is 2.35. The fourth-order valence-corrected chi connectivity index (χ4v) is 3.65. The molecule has 1 saturated carbocycles. The molecular formula is C20H18FN7O3. The monoisotopic (exact) mass is 423 g/mol. The van der Waals surface area contributed by atoms with E-state index in [1.807, 2.05) is 0 Å². The third-order valence-corrected chi connectivity index (χ3v) is 5.49. The van der Waals surface area contributed by atoms with Crippen molar-refractivity contribution in [1.82, 2.24) is 35.4 Å². The summed E-state index contributed by atoms with van der Waals surface area (Å²) in [6, 6.07) is 4.39. The van der Waals surface area contributed by atoms with E-state index in [9.17, 15) is 14.0 Å². The van der Waals surface area contributed by atoms with Gasteiger partial charge in [0.15, 0.2) is 5.65 Å². The molecule has 10 nitrogen and oxygen atoms in total. The quantitative estimate of drug-likeness (QED) is 0.388. The molecule has 0 unspecified atom stereocenters. The third-order valence-electron chi connectivity index (χ3n) is 5.49. The number of benzene rings is 1. The highest BCUT2D eigenvalue weighted by molar-refractivity contribution is 6.05. The van der Waals surface area contributed by atoms with Gasteiger partial charge in [-0.05, 0) is 31.0 Å². The van der Waals surface area contributed by atoms with Gasteiger partial charge in [-0.25, -0.2) is 19.2 Å². The molecule has 158 valence electrons. The lowest BCUT2D eigenvalue weighted by atomic mass is 10.1. The second-order valence-corrected chi connectivity index (χ2v) is 7.68. The normalized spacial score (nSPS) is 14.6. The predicted molar refractivity (Wildman–Crippen MR) is 109 cm³/mol. The summed E-state index contributed by atoms with van der Waals surface area (Å²) in [5, 5.41) is 19.2. The van der Waals surface area contributed by atoms with E-state index in [2.05, 4.69) is 30.7 Å².